The van der Waals surface area contributed by atoms with Crippen LogP contribution in [0.1, 0.15) is 11.6 Å². The highest BCUT2D eigenvalue weighted by atomic mass is 35.5. The summed E-state index contributed by atoms with van der Waals surface area (Å²) in [7, 11) is 1.19. The summed E-state index contributed by atoms with van der Waals surface area (Å²) in [6, 6.07) is 0.585. The standard InChI is InChI=1S/C9H9F4NO.ClH/c1-15-7-3-2-5(10)4-6(7)8(14)9(11,12)13;/h2-4,8H,14H2,1H3;1H/t8-;/m1./s1. The maximum Gasteiger partial charge on any atom is 0.407 e. The van der Waals surface area contributed by atoms with Gasteiger partial charge in [0.1, 0.15) is 17.6 Å². The van der Waals surface area contributed by atoms with Crippen LogP contribution in [0.2, 0.25) is 0 Å². The molecule has 7 heteroatoms. The Hall–Kier alpha value is -1.01. The van der Waals surface area contributed by atoms with E-state index in [1.54, 1.807) is 0 Å². The molecular weight excluding hydrogens is 250 g/mol. The summed E-state index contributed by atoms with van der Waals surface area (Å²) < 4.78 is 54.3. The molecule has 0 unspecified atom stereocenters. The first kappa shape index (κ1) is 15.0. The van der Waals surface area contributed by atoms with Crippen molar-refractivity contribution in [2.45, 2.75) is 12.2 Å². The van der Waals surface area contributed by atoms with E-state index in [4.69, 9.17) is 5.73 Å². The second-order valence-corrected chi connectivity index (χ2v) is 2.91. The summed E-state index contributed by atoms with van der Waals surface area (Å²) in [5.74, 6) is -0.869. The van der Waals surface area contributed by atoms with Gasteiger partial charge in [0, 0.05) is 5.56 Å². The summed E-state index contributed by atoms with van der Waals surface area (Å²) in [6.45, 7) is 0. The number of methoxy groups -OCH3 is 1. The number of hydrogen-bond donors (Lipinski definition) is 1. The highest BCUT2D eigenvalue weighted by Crippen LogP contribution is 2.35. The van der Waals surface area contributed by atoms with E-state index in [9.17, 15) is 17.6 Å². The number of ether oxygens (including phenoxy) is 1. The van der Waals surface area contributed by atoms with Gasteiger partial charge in [0.2, 0.25) is 0 Å². The first-order chi connectivity index (χ1) is 6.86. The van der Waals surface area contributed by atoms with Crippen molar-refractivity contribution < 1.29 is 22.3 Å². The van der Waals surface area contributed by atoms with Crippen LogP contribution in [0.25, 0.3) is 0 Å². The topological polar surface area (TPSA) is 35.2 Å². The molecule has 0 aliphatic carbocycles. The van der Waals surface area contributed by atoms with Crippen LogP contribution in [0.4, 0.5) is 17.6 Å². The van der Waals surface area contributed by atoms with Crippen LogP contribution < -0.4 is 10.5 Å². The van der Waals surface area contributed by atoms with E-state index < -0.39 is 23.6 Å². The van der Waals surface area contributed by atoms with Gasteiger partial charge in [0.15, 0.2) is 0 Å². The Morgan fingerprint density at radius 2 is 1.88 bits per heavy atom. The second-order valence-electron chi connectivity index (χ2n) is 2.91. The Bertz CT molecular complexity index is 356. The fourth-order valence-electron chi connectivity index (χ4n) is 1.12. The maximum atomic E-state index is 12.8. The Balaban J connectivity index is 0.00000225. The first-order valence-electron chi connectivity index (χ1n) is 4.02. The second kappa shape index (κ2) is 5.36. The lowest BCUT2D eigenvalue weighted by Crippen LogP contribution is -2.28. The Morgan fingerprint density at radius 1 is 1.31 bits per heavy atom. The SMILES string of the molecule is COc1ccc(F)cc1[C@@H](N)C(F)(F)F.Cl. The van der Waals surface area contributed by atoms with Gasteiger partial charge in [-0.05, 0) is 18.2 Å². The molecule has 0 fully saturated rings. The number of rotatable bonds is 2. The van der Waals surface area contributed by atoms with Gasteiger partial charge in [-0.1, -0.05) is 0 Å². The Labute approximate surface area is 95.8 Å². The zero-order valence-corrected chi connectivity index (χ0v) is 9.03. The zero-order chi connectivity index (χ0) is 11.6. The van der Waals surface area contributed by atoms with Crippen LogP contribution in [0, 0.1) is 5.82 Å². The predicted molar refractivity (Wildman–Crippen MR) is 53.2 cm³/mol. The zero-order valence-electron chi connectivity index (χ0n) is 8.22. The van der Waals surface area contributed by atoms with Gasteiger partial charge in [-0.2, -0.15) is 13.2 Å². The summed E-state index contributed by atoms with van der Waals surface area (Å²) in [4.78, 5) is 0. The lowest BCUT2D eigenvalue weighted by molar-refractivity contribution is -0.149. The molecule has 1 aromatic carbocycles. The first-order valence-corrected chi connectivity index (χ1v) is 4.02. The molecule has 0 saturated carbocycles. The molecule has 0 saturated heterocycles. The Morgan fingerprint density at radius 3 is 2.31 bits per heavy atom. The summed E-state index contributed by atoms with van der Waals surface area (Å²) in [5, 5.41) is 0. The van der Waals surface area contributed by atoms with Gasteiger partial charge >= 0.3 is 6.18 Å². The van der Waals surface area contributed by atoms with Crippen molar-refractivity contribution in [3.05, 3.63) is 29.6 Å². The van der Waals surface area contributed by atoms with Gasteiger partial charge in [0.25, 0.3) is 0 Å². The van der Waals surface area contributed by atoms with Crippen LogP contribution in [0.3, 0.4) is 0 Å². The van der Waals surface area contributed by atoms with Crippen LogP contribution in [-0.4, -0.2) is 13.3 Å². The average Bonchev–Trinajstić information content (AvgIpc) is 2.15. The third-order valence-electron chi connectivity index (χ3n) is 1.88. The average molecular weight is 260 g/mol. The van der Waals surface area contributed by atoms with Crippen molar-refractivity contribution in [3.63, 3.8) is 0 Å². The minimum absolute atomic E-state index is 0. The van der Waals surface area contributed by atoms with Crippen molar-refractivity contribution in [1.82, 2.24) is 0 Å². The van der Waals surface area contributed by atoms with Gasteiger partial charge < -0.3 is 10.5 Å². The van der Waals surface area contributed by atoms with E-state index in [1.807, 2.05) is 0 Å². The van der Waals surface area contributed by atoms with Gasteiger partial charge in [-0.3, -0.25) is 0 Å². The summed E-state index contributed by atoms with van der Waals surface area (Å²) in [6.07, 6.45) is -4.62. The Kier molecular flexibility index (Phi) is 5.02. The summed E-state index contributed by atoms with van der Waals surface area (Å²) >= 11 is 0. The monoisotopic (exact) mass is 259 g/mol. The lowest BCUT2D eigenvalue weighted by atomic mass is 10.1. The molecule has 0 spiro atoms. The van der Waals surface area contributed by atoms with E-state index in [1.165, 1.54) is 7.11 Å². The molecule has 0 aliphatic rings. The molecule has 1 aromatic rings. The van der Waals surface area contributed by atoms with E-state index in [0.717, 1.165) is 18.2 Å². The fourth-order valence-corrected chi connectivity index (χ4v) is 1.12. The van der Waals surface area contributed by atoms with E-state index in [2.05, 4.69) is 4.74 Å². The van der Waals surface area contributed by atoms with Crippen molar-refractivity contribution in [2.24, 2.45) is 5.73 Å². The number of hydrogen-bond acceptors (Lipinski definition) is 2. The van der Waals surface area contributed by atoms with E-state index >= 15 is 0 Å². The van der Waals surface area contributed by atoms with Crippen LogP contribution in [0.5, 0.6) is 5.75 Å². The van der Waals surface area contributed by atoms with E-state index in [-0.39, 0.29) is 18.2 Å². The minimum Gasteiger partial charge on any atom is -0.496 e. The molecule has 0 heterocycles. The highest BCUT2D eigenvalue weighted by Gasteiger charge is 2.39. The number of halogens is 5. The third-order valence-corrected chi connectivity index (χ3v) is 1.88. The predicted octanol–water partition coefficient (Wildman–Crippen LogP) is 2.82. The largest absolute Gasteiger partial charge is 0.496 e. The molecule has 0 aliphatic heterocycles. The van der Waals surface area contributed by atoms with Gasteiger partial charge in [-0.25, -0.2) is 4.39 Å². The molecule has 0 bridgehead atoms. The molecule has 0 amide bonds. The fraction of sp³-hybridized carbons (Fsp3) is 0.333. The van der Waals surface area contributed by atoms with Gasteiger partial charge in [-0.15, -0.1) is 12.4 Å². The lowest BCUT2D eigenvalue weighted by Gasteiger charge is -2.18. The molecule has 0 aromatic heterocycles. The molecule has 1 atom stereocenters. The molecule has 92 valence electrons. The summed E-state index contributed by atoms with van der Waals surface area (Å²) in [5.41, 5.74) is 4.53. The van der Waals surface area contributed by atoms with Crippen molar-refractivity contribution in [3.8, 4) is 5.75 Å². The van der Waals surface area contributed by atoms with Crippen LogP contribution in [-0.2, 0) is 0 Å². The van der Waals surface area contributed by atoms with Crippen molar-refractivity contribution >= 4 is 12.4 Å². The highest BCUT2D eigenvalue weighted by molar-refractivity contribution is 5.85. The molecular formula is C9H10ClF4NO. The molecule has 2 nitrogen and oxygen atoms in total. The van der Waals surface area contributed by atoms with Crippen molar-refractivity contribution in [1.29, 1.82) is 0 Å². The molecule has 1 rings (SSSR count). The number of nitrogens with two attached hydrogens (primary N) is 1. The normalized spacial score (nSPS) is 12.9. The molecule has 2 N–H and O–H groups in total. The molecule has 16 heavy (non-hydrogen) atoms. The van der Waals surface area contributed by atoms with Crippen molar-refractivity contribution in [2.75, 3.05) is 7.11 Å². The van der Waals surface area contributed by atoms with Crippen LogP contribution >= 0.6 is 12.4 Å². The number of alkyl halides is 3. The number of benzene rings is 1. The maximum absolute atomic E-state index is 12.8. The minimum atomic E-state index is -4.62. The van der Waals surface area contributed by atoms with E-state index in [0.29, 0.717) is 0 Å². The van der Waals surface area contributed by atoms with Crippen LogP contribution in [0.15, 0.2) is 18.2 Å². The third kappa shape index (κ3) is 3.24. The smallest absolute Gasteiger partial charge is 0.407 e. The quantitative estimate of drug-likeness (QED) is 0.829. The van der Waals surface area contributed by atoms with Gasteiger partial charge in [0.05, 0.1) is 7.11 Å². The molecule has 0 radical (unpaired) electrons.